The smallest absolute Gasteiger partial charge is 0.251 e. The fourth-order valence-electron chi connectivity index (χ4n) is 2.21. The molecule has 116 valence electrons. The first-order chi connectivity index (χ1) is 10.5. The number of ether oxygens (including phenoxy) is 2. The van der Waals surface area contributed by atoms with Gasteiger partial charge in [0.25, 0.3) is 5.91 Å². The monoisotopic (exact) mass is 299 g/mol. The number of carbonyl (C=O) groups is 1. The summed E-state index contributed by atoms with van der Waals surface area (Å²) in [5.74, 6) is 1.12. The lowest BCUT2D eigenvalue weighted by atomic mass is 10.1. The van der Waals surface area contributed by atoms with Crippen molar-refractivity contribution in [3.8, 4) is 11.5 Å². The highest BCUT2D eigenvalue weighted by atomic mass is 16.5. The summed E-state index contributed by atoms with van der Waals surface area (Å²) in [4.78, 5) is 12.3. The van der Waals surface area contributed by atoms with Gasteiger partial charge < -0.3 is 14.8 Å². The van der Waals surface area contributed by atoms with Crippen LogP contribution in [0.3, 0.4) is 0 Å². The van der Waals surface area contributed by atoms with Gasteiger partial charge in [-0.2, -0.15) is 0 Å². The molecule has 0 saturated heterocycles. The number of aryl methyl sites for hydroxylation is 1. The van der Waals surface area contributed by atoms with Crippen LogP contribution in [-0.4, -0.2) is 20.1 Å². The van der Waals surface area contributed by atoms with Gasteiger partial charge in [0.05, 0.1) is 14.2 Å². The maximum Gasteiger partial charge on any atom is 0.251 e. The molecule has 2 rings (SSSR count). The van der Waals surface area contributed by atoms with Crippen LogP contribution in [0.15, 0.2) is 36.4 Å². The van der Waals surface area contributed by atoms with Crippen molar-refractivity contribution in [3.05, 3.63) is 58.7 Å². The molecule has 4 nitrogen and oxygen atoms in total. The molecule has 0 aliphatic heterocycles. The number of hydrogen-bond donors (Lipinski definition) is 1. The number of methoxy groups -OCH3 is 2. The number of amides is 1. The summed E-state index contributed by atoms with van der Waals surface area (Å²) in [6, 6.07) is 11.5. The first kappa shape index (κ1) is 15.9. The van der Waals surface area contributed by atoms with Crippen molar-refractivity contribution in [1.82, 2.24) is 5.32 Å². The van der Waals surface area contributed by atoms with Crippen molar-refractivity contribution < 1.29 is 14.3 Å². The zero-order valence-corrected chi connectivity index (χ0v) is 13.4. The molecule has 2 aromatic rings. The van der Waals surface area contributed by atoms with Crippen molar-refractivity contribution in [2.24, 2.45) is 0 Å². The van der Waals surface area contributed by atoms with Gasteiger partial charge in [0.2, 0.25) is 0 Å². The van der Waals surface area contributed by atoms with Gasteiger partial charge in [0.1, 0.15) is 11.5 Å². The Morgan fingerprint density at radius 1 is 1.00 bits per heavy atom. The first-order valence-corrected chi connectivity index (χ1v) is 7.11. The third-order valence-corrected chi connectivity index (χ3v) is 3.59. The van der Waals surface area contributed by atoms with Gasteiger partial charge in [-0.15, -0.1) is 0 Å². The molecular weight excluding hydrogens is 278 g/mol. The highest BCUT2D eigenvalue weighted by Crippen LogP contribution is 2.29. The molecule has 0 saturated carbocycles. The van der Waals surface area contributed by atoms with E-state index in [1.165, 1.54) is 5.56 Å². The van der Waals surface area contributed by atoms with Crippen molar-refractivity contribution in [3.63, 3.8) is 0 Å². The Labute approximate surface area is 131 Å². The standard InChI is InChI=1S/C18H21NO3/c1-12-5-7-14(8-6-12)11-19-18(20)15-9-16(21-3)13(2)17(10-15)22-4/h5-10H,11H2,1-4H3,(H,19,20). The Kier molecular flexibility index (Phi) is 5.04. The topological polar surface area (TPSA) is 47.6 Å². The Balaban J connectivity index is 2.13. The van der Waals surface area contributed by atoms with Gasteiger partial charge in [0.15, 0.2) is 0 Å². The average molecular weight is 299 g/mol. The fourth-order valence-corrected chi connectivity index (χ4v) is 2.21. The van der Waals surface area contributed by atoms with Crippen LogP contribution < -0.4 is 14.8 Å². The summed E-state index contributed by atoms with van der Waals surface area (Å²) in [5, 5.41) is 2.91. The second-order valence-corrected chi connectivity index (χ2v) is 5.17. The Bertz CT molecular complexity index is 638. The summed E-state index contributed by atoms with van der Waals surface area (Å²) >= 11 is 0. The van der Waals surface area contributed by atoms with Gasteiger partial charge in [-0.1, -0.05) is 29.8 Å². The van der Waals surface area contributed by atoms with Crippen LogP contribution in [0.2, 0.25) is 0 Å². The van der Waals surface area contributed by atoms with Crippen LogP contribution in [0.5, 0.6) is 11.5 Å². The molecule has 0 spiro atoms. The van der Waals surface area contributed by atoms with Gasteiger partial charge >= 0.3 is 0 Å². The quantitative estimate of drug-likeness (QED) is 0.922. The van der Waals surface area contributed by atoms with E-state index in [-0.39, 0.29) is 5.91 Å². The number of benzene rings is 2. The predicted octanol–water partition coefficient (Wildman–Crippen LogP) is 3.25. The van der Waals surface area contributed by atoms with Gasteiger partial charge in [-0.3, -0.25) is 4.79 Å². The number of nitrogens with one attached hydrogen (secondary N) is 1. The van der Waals surface area contributed by atoms with Crippen molar-refractivity contribution in [2.75, 3.05) is 14.2 Å². The lowest BCUT2D eigenvalue weighted by molar-refractivity contribution is 0.0950. The van der Waals surface area contributed by atoms with Crippen molar-refractivity contribution >= 4 is 5.91 Å². The van der Waals surface area contributed by atoms with E-state index in [1.807, 2.05) is 38.1 Å². The number of rotatable bonds is 5. The highest BCUT2D eigenvalue weighted by molar-refractivity contribution is 5.95. The summed E-state index contributed by atoms with van der Waals surface area (Å²) in [6.45, 7) is 4.41. The van der Waals surface area contributed by atoms with Gasteiger partial charge in [0, 0.05) is 17.7 Å². The molecule has 0 aliphatic carbocycles. The Morgan fingerprint density at radius 2 is 1.55 bits per heavy atom. The molecule has 0 heterocycles. The Morgan fingerprint density at radius 3 is 2.05 bits per heavy atom. The molecular formula is C18H21NO3. The van der Waals surface area contributed by atoms with E-state index in [9.17, 15) is 4.79 Å². The highest BCUT2D eigenvalue weighted by Gasteiger charge is 2.13. The number of hydrogen-bond acceptors (Lipinski definition) is 3. The minimum Gasteiger partial charge on any atom is -0.496 e. The second-order valence-electron chi connectivity index (χ2n) is 5.17. The molecule has 0 bridgehead atoms. The average Bonchev–Trinajstić information content (AvgIpc) is 2.54. The zero-order valence-electron chi connectivity index (χ0n) is 13.4. The first-order valence-electron chi connectivity index (χ1n) is 7.11. The van der Waals surface area contributed by atoms with E-state index in [0.717, 1.165) is 11.1 Å². The van der Waals surface area contributed by atoms with Crippen LogP contribution in [0, 0.1) is 13.8 Å². The molecule has 0 aliphatic rings. The Hall–Kier alpha value is -2.49. The molecule has 2 aromatic carbocycles. The van der Waals surface area contributed by atoms with Gasteiger partial charge in [-0.05, 0) is 31.5 Å². The van der Waals surface area contributed by atoms with Crippen LogP contribution >= 0.6 is 0 Å². The largest absolute Gasteiger partial charge is 0.496 e. The summed E-state index contributed by atoms with van der Waals surface area (Å²) in [6.07, 6.45) is 0. The van der Waals surface area contributed by atoms with Crippen LogP contribution in [0.4, 0.5) is 0 Å². The van der Waals surface area contributed by atoms with E-state index < -0.39 is 0 Å². The summed E-state index contributed by atoms with van der Waals surface area (Å²) < 4.78 is 10.6. The van der Waals surface area contributed by atoms with Crippen molar-refractivity contribution in [2.45, 2.75) is 20.4 Å². The maximum absolute atomic E-state index is 12.3. The molecule has 0 atom stereocenters. The molecule has 0 unspecified atom stereocenters. The normalized spacial score (nSPS) is 10.2. The lowest BCUT2D eigenvalue weighted by Gasteiger charge is -2.13. The fraction of sp³-hybridized carbons (Fsp3) is 0.278. The van der Waals surface area contributed by atoms with Crippen molar-refractivity contribution in [1.29, 1.82) is 0 Å². The summed E-state index contributed by atoms with van der Waals surface area (Å²) in [7, 11) is 3.16. The van der Waals surface area contributed by atoms with E-state index in [1.54, 1.807) is 26.4 Å². The SMILES string of the molecule is COc1cc(C(=O)NCc2ccc(C)cc2)cc(OC)c1C. The van der Waals surface area contributed by atoms with Gasteiger partial charge in [-0.25, -0.2) is 0 Å². The molecule has 0 fully saturated rings. The minimum atomic E-state index is -0.155. The van der Waals surface area contributed by atoms with Crippen LogP contribution in [-0.2, 0) is 6.54 Å². The molecule has 1 amide bonds. The second kappa shape index (κ2) is 6.98. The third-order valence-electron chi connectivity index (χ3n) is 3.59. The van der Waals surface area contributed by atoms with E-state index >= 15 is 0 Å². The van der Waals surface area contributed by atoms with E-state index in [4.69, 9.17) is 9.47 Å². The zero-order chi connectivity index (χ0) is 16.1. The third kappa shape index (κ3) is 3.58. The number of carbonyl (C=O) groups excluding carboxylic acids is 1. The molecule has 22 heavy (non-hydrogen) atoms. The summed E-state index contributed by atoms with van der Waals surface area (Å²) in [5.41, 5.74) is 3.65. The predicted molar refractivity (Wildman–Crippen MR) is 86.6 cm³/mol. The lowest BCUT2D eigenvalue weighted by Crippen LogP contribution is -2.23. The molecule has 4 heteroatoms. The molecule has 0 radical (unpaired) electrons. The van der Waals surface area contributed by atoms with Crippen LogP contribution in [0.25, 0.3) is 0 Å². The van der Waals surface area contributed by atoms with E-state index in [2.05, 4.69) is 5.32 Å². The molecule has 0 aromatic heterocycles. The van der Waals surface area contributed by atoms with E-state index in [0.29, 0.717) is 23.6 Å². The minimum absolute atomic E-state index is 0.155. The molecule has 1 N–H and O–H groups in total. The maximum atomic E-state index is 12.3. The van der Waals surface area contributed by atoms with Crippen LogP contribution in [0.1, 0.15) is 27.0 Å².